The van der Waals surface area contributed by atoms with Crippen LogP contribution >= 0.6 is 11.6 Å². The second kappa shape index (κ2) is 7.84. The van der Waals surface area contributed by atoms with Crippen molar-refractivity contribution in [2.75, 3.05) is 11.9 Å². The van der Waals surface area contributed by atoms with Gasteiger partial charge < -0.3 is 10.1 Å². The van der Waals surface area contributed by atoms with Crippen LogP contribution in [0.15, 0.2) is 36.4 Å². The molecule has 2 aromatic rings. The number of benzene rings is 2. The third-order valence-corrected chi connectivity index (χ3v) is 3.64. The summed E-state index contributed by atoms with van der Waals surface area (Å²) >= 11 is 5.99. The second-order valence-corrected chi connectivity index (χ2v) is 5.95. The van der Waals surface area contributed by atoms with E-state index in [-0.39, 0.29) is 6.61 Å². The molecule has 0 spiro atoms. The van der Waals surface area contributed by atoms with Crippen LogP contribution in [0.3, 0.4) is 0 Å². The summed E-state index contributed by atoms with van der Waals surface area (Å²) < 4.78 is 5.35. The summed E-state index contributed by atoms with van der Waals surface area (Å²) in [5.74, 6) is -0.156. The lowest BCUT2D eigenvalue weighted by molar-refractivity contribution is -0.121. The van der Waals surface area contributed by atoms with Crippen LogP contribution in [0.1, 0.15) is 16.7 Å². The van der Waals surface area contributed by atoms with Crippen molar-refractivity contribution >= 4 is 29.2 Å². The molecule has 126 valence electrons. The first-order valence-electron chi connectivity index (χ1n) is 7.42. The number of anilines is 1. The van der Waals surface area contributed by atoms with Gasteiger partial charge >= 0.3 is 6.03 Å². The van der Waals surface area contributed by atoms with E-state index >= 15 is 0 Å². The van der Waals surface area contributed by atoms with Crippen molar-refractivity contribution in [2.24, 2.45) is 0 Å². The highest BCUT2D eigenvalue weighted by molar-refractivity contribution is 6.32. The standard InChI is InChI=1S/C18H19ClN2O3/c1-11-5-7-15(13(3)8-11)20-18(23)21-17(22)10-24-16-9-12(2)4-6-14(16)19/h4-9H,10H2,1-3H3,(H2,20,21,22,23). The Hall–Kier alpha value is -2.53. The molecule has 0 unspecified atom stereocenters. The molecule has 0 aromatic heterocycles. The van der Waals surface area contributed by atoms with E-state index in [9.17, 15) is 9.59 Å². The first kappa shape index (κ1) is 17.8. The van der Waals surface area contributed by atoms with Crippen LogP contribution in [0, 0.1) is 20.8 Å². The quantitative estimate of drug-likeness (QED) is 0.879. The first-order chi connectivity index (χ1) is 11.3. The van der Waals surface area contributed by atoms with Gasteiger partial charge in [-0.2, -0.15) is 0 Å². The summed E-state index contributed by atoms with van der Waals surface area (Å²) in [6, 6.07) is 10.3. The fourth-order valence-electron chi connectivity index (χ4n) is 2.13. The number of aryl methyl sites for hydroxylation is 3. The molecule has 6 heteroatoms. The summed E-state index contributed by atoms with van der Waals surface area (Å²) in [7, 11) is 0. The van der Waals surface area contributed by atoms with Crippen LogP contribution in [0.25, 0.3) is 0 Å². The molecule has 0 saturated heterocycles. The Kier molecular flexibility index (Phi) is 5.82. The maximum atomic E-state index is 11.9. The zero-order valence-electron chi connectivity index (χ0n) is 13.8. The van der Waals surface area contributed by atoms with Crippen LogP contribution in [-0.4, -0.2) is 18.5 Å². The minimum absolute atomic E-state index is 0.302. The Morgan fingerprint density at radius 1 is 1.04 bits per heavy atom. The van der Waals surface area contributed by atoms with Crippen LogP contribution < -0.4 is 15.4 Å². The molecule has 0 aliphatic rings. The Labute approximate surface area is 146 Å². The number of amides is 3. The van der Waals surface area contributed by atoms with Crippen molar-refractivity contribution in [2.45, 2.75) is 20.8 Å². The van der Waals surface area contributed by atoms with Gasteiger partial charge in [-0.05, 0) is 50.1 Å². The zero-order valence-corrected chi connectivity index (χ0v) is 14.5. The number of hydrogen-bond donors (Lipinski definition) is 2. The highest BCUT2D eigenvalue weighted by atomic mass is 35.5. The molecule has 0 aliphatic carbocycles. The normalized spacial score (nSPS) is 10.2. The van der Waals surface area contributed by atoms with Gasteiger partial charge in [0, 0.05) is 5.69 Å². The van der Waals surface area contributed by atoms with Gasteiger partial charge in [-0.25, -0.2) is 4.79 Å². The molecule has 0 fully saturated rings. The van der Waals surface area contributed by atoms with Gasteiger partial charge in [-0.3, -0.25) is 10.1 Å². The van der Waals surface area contributed by atoms with Gasteiger partial charge in [0.2, 0.25) is 0 Å². The number of imide groups is 1. The summed E-state index contributed by atoms with van der Waals surface area (Å²) in [5.41, 5.74) is 3.62. The van der Waals surface area contributed by atoms with Crippen LogP contribution in [0.2, 0.25) is 5.02 Å². The SMILES string of the molecule is Cc1ccc(NC(=O)NC(=O)COc2cc(C)ccc2Cl)c(C)c1. The third kappa shape index (κ3) is 4.99. The van der Waals surface area contributed by atoms with Crippen molar-refractivity contribution in [1.29, 1.82) is 0 Å². The number of rotatable bonds is 4. The average Bonchev–Trinajstić information content (AvgIpc) is 2.51. The van der Waals surface area contributed by atoms with Crippen LogP contribution in [-0.2, 0) is 4.79 Å². The van der Waals surface area contributed by atoms with Gasteiger partial charge in [0.1, 0.15) is 5.75 Å². The number of ether oxygens (including phenoxy) is 1. The Morgan fingerprint density at radius 3 is 2.42 bits per heavy atom. The molecule has 0 radical (unpaired) electrons. The number of carbonyl (C=O) groups excluding carboxylic acids is 2. The topological polar surface area (TPSA) is 67.4 Å². The average molecular weight is 347 g/mol. The Morgan fingerprint density at radius 2 is 1.71 bits per heavy atom. The molecule has 0 bridgehead atoms. The van der Waals surface area contributed by atoms with Crippen molar-refractivity contribution in [3.8, 4) is 5.75 Å². The summed E-state index contributed by atoms with van der Waals surface area (Å²) in [5, 5.41) is 5.26. The highest BCUT2D eigenvalue weighted by Gasteiger charge is 2.11. The zero-order chi connectivity index (χ0) is 17.7. The molecular formula is C18H19ClN2O3. The van der Waals surface area contributed by atoms with E-state index in [1.165, 1.54) is 0 Å². The smallest absolute Gasteiger partial charge is 0.325 e. The van der Waals surface area contributed by atoms with E-state index in [4.69, 9.17) is 16.3 Å². The van der Waals surface area contributed by atoms with Gasteiger partial charge in [0.25, 0.3) is 5.91 Å². The lowest BCUT2D eigenvalue weighted by Gasteiger charge is -2.11. The van der Waals surface area contributed by atoms with Gasteiger partial charge in [0.05, 0.1) is 5.02 Å². The maximum absolute atomic E-state index is 11.9. The lowest BCUT2D eigenvalue weighted by Crippen LogP contribution is -2.37. The third-order valence-electron chi connectivity index (χ3n) is 3.33. The van der Waals surface area contributed by atoms with Crippen LogP contribution in [0.5, 0.6) is 5.75 Å². The van der Waals surface area contributed by atoms with E-state index in [0.717, 1.165) is 16.7 Å². The molecule has 0 aliphatic heterocycles. The first-order valence-corrected chi connectivity index (χ1v) is 7.80. The molecule has 3 amide bonds. The van der Waals surface area contributed by atoms with Crippen LogP contribution in [0.4, 0.5) is 10.5 Å². The number of hydrogen-bond acceptors (Lipinski definition) is 3. The minimum Gasteiger partial charge on any atom is -0.482 e. The fraction of sp³-hybridized carbons (Fsp3) is 0.222. The maximum Gasteiger partial charge on any atom is 0.325 e. The van der Waals surface area contributed by atoms with Gasteiger partial charge in [0.15, 0.2) is 6.61 Å². The molecule has 2 N–H and O–H groups in total. The molecule has 0 saturated carbocycles. The van der Waals surface area contributed by atoms with E-state index in [1.54, 1.807) is 18.2 Å². The van der Waals surface area contributed by atoms with Gasteiger partial charge in [-0.1, -0.05) is 35.4 Å². The number of nitrogens with one attached hydrogen (secondary N) is 2. The summed E-state index contributed by atoms with van der Waals surface area (Å²) in [4.78, 5) is 23.7. The summed E-state index contributed by atoms with van der Waals surface area (Å²) in [6.07, 6.45) is 0. The molecule has 2 rings (SSSR count). The van der Waals surface area contributed by atoms with E-state index in [1.807, 2.05) is 39.0 Å². The van der Waals surface area contributed by atoms with Crippen molar-refractivity contribution in [3.05, 3.63) is 58.1 Å². The number of urea groups is 1. The molecular weight excluding hydrogens is 328 g/mol. The predicted octanol–water partition coefficient (Wildman–Crippen LogP) is 3.99. The largest absolute Gasteiger partial charge is 0.482 e. The molecule has 0 heterocycles. The van der Waals surface area contributed by atoms with E-state index in [0.29, 0.717) is 16.5 Å². The summed E-state index contributed by atoms with van der Waals surface area (Å²) in [6.45, 7) is 5.44. The van der Waals surface area contributed by atoms with E-state index in [2.05, 4.69) is 10.6 Å². The lowest BCUT2D eigenvalue weighted by atomic mass is 10.1. The Bertz CT molecular complexity index is 775. The van der Waals surface area contributed by atoms with Crippen molar-refractivity contribution in [1.82, 2.24) is 5.32 Å². The molecule has 5 nitrogen and oxygen atoms in total. The number of halogens is 1. The highest BCUT2D eigenvalue weighted by Crippen LogP contribution is 2.25. The molecule has 0 atom stereocenters. The van der Waals surface area contributed by atoms with E-state index < -0.39 is 11.9 Å². The fourth-order valence-corrected chi connectivity index (χ4v) is 2.31. The molecule has 24 heavy (non-hydrogen) atoms. The Balaban J connectivity index is 1.87. The van der Waals surface area contributed by atoms with Crippen molar-refractivity contribution < 1.29 is 14.3 Å². The number of carbonyl (C=O) groups is 2. The minimum atomic E-state index is -0.606. The van der Waals surface area contributed by atoms with Crippen molar-refractivity contribution in [3.63, 3.8) is 0 Å². The monoisotopic (exact) mass is 346 g/mol. The van der Waals surface area contributed by atoms with Gasteiger partial charge in [-0.15, -0.1) is 0 Å². The second-order valence-electron chi connectivity index (χ2n) is 5.54. The molecule has 2 aromatic carbocycles. The predicted molar refractivity (Wildman–Crippen MR) is 94.8 cm³/mol.